The summed E-state index contributed by atoms with van der Waals surface area (Å²) >= 11 is 0. The molecule has 0 fully saturated rings. The van der Waals surface area contributed by atoms with Gasteiger partial charge >= 0.3 is 0 Å². The molecule has 0 aliphatic carbocycles. The SMILES string of the molecule is CCCN=C(NCCc1ccco1)NCCc1c[nH]c2cccc(OC)c12. The van der Waals surface area contributed by atoms with Gasteiger partial charge in [-0.25, -0.2) is 0 Å². The van der Waals surface area contributed by atoms with Gasteiger partial charge in [0.1, 0.15) is 11.5 Å². The van der Waals surface area contributed by atoms with Gasteiger partial charge in [-0.2, -0.15) is 0 Å². The lowest BCUT2D eigenvalue weighted by molar-refractivity contribution is 0.419. The van der Waals surface area contributed by atoms with Crippen LogP contribution in [0.1, 0.15) is 24.7 Å². The van der Waals surface area contributed by atoms with Crippen LogP contribution in [0.15, 0.2) is 52.2 Å². The molecule has 3 N–H and O–H groups in total. The van der Waals surface area contributed by atoms with E-state index in [0.717, 1.165) is 67.3 Å². The molecule has 0 saturated heterocycles. The Hall–Kier alpha value is -2.89. The fourth-order valence-corrected chi connectivity index (χ4v) is 3.06. The Bertz CT molecular complexity index is 852. The number of nitrogens with one attached hydrogen (secondary N) is 3. The Morgan fingerprint density at radius 2 is 2.00 bits per heavy atom. The Labute approximate surface area is 160 Å². The predicted molar refractivity (Wildman–Crippen MR) is 110 cm³/mol. The molecule has 27 heavy (non-hydrogen) atoms. The molecule has 3 aromatic rings. The highest BCUT2D eigenvalue weighted by Gasteiger charge is 2.09. The van der Waals surface area contributed by atoms with Crippen LogP contribution in [-0.4, -0.2) is 37.7 Å². The number of H-pyrrole nitrogens is 1. The lowest BCUT2D eigenvalue weighted by Gasteiger charge is -2.12. The van der Waals surface area contributed by atoms with E-state index in [1.54, 1.807) is 13.4 Å². The van der Waals surface area contributed by atoms with E-state index < -0.39 is 0 Å². The number of furan rings is 1. The molecule has 0 saturated carbocycles. The van der Waals surface area contributed by atoms with Gasteiger partial charge in [-0.05, 0) is 42.7 Å². The molecule has 0 aliphatic heterocycles. The average molecular weight is 368 g/mol. The molecule has 6 nitrogen and oxygen atoms in total. The topological polar surface area (TPSA) is 74.6 Å². The van der Waals surface area contributed by atoms with Crippen LogP contribution in [-0.2, 0) is 12.8 Å². The minimum Gasteiger partial charge on any atom is -0.496 e. The van der Waals surface area contributed by atoms with Gasteiger partial charge in [0.25, 0.3) is 0 Å². The molecular weight excluding hydrogens is 340 g/mol. The number of aromatic nitrogens is 1. The van der Waals surface area contributed by atoms with Crippen LogP contribution in [0.2, 0.25) is 0 Å². The minimum absolute atomic E-state index is 0.782. The fraction of sp³-hybridized carbons (Fsp3) is 0.381. The highest BCUT2D eigenvalue weighted by Crippen LogP contribution is 2.28. The number of hydrogen-bond donors (Lipinski definition) is 3. The maximum atomic E-state index is 5.51. The monoisotopic (exact) mass is 368 g/mol. The molecule has 0 aliphatic rings. The summed E-state index contributed by atoms with van der Waals surface area (Å²) in [6.45, 7) is 4.50. The van der Waals surface area contributed by atoms with Crippen molar-refractivity contribution in [3.8, 4) is 5.75 Å². The first kappa shape index (κ1) is 18.9. The molecule has 0 unspecified atom stereocenters. The number of hydrogen-bond acceptors (Lipinski definition) is 3. The van der Waals surface area contributed by atoms with Crippen molar-refractivity contribution >= 4 is 16.9 Å². The van der Waals surface area contributed by atoms with Gasteiger partial charge in [-0.1, -0.05) is 13.0 Å². The predicted octanol–water partition coefficient (Wildman–Crippen LogP) is 3.50. The Balaban J connectivity index is 1.55. The highest BCUT2D eigenvalue weighted by molar-refractivity contribution is 5.89. The van der Waals surface area contributed by atoms with E-state index in [1.165, 1.54) is 5.56 Å². The van der Waals surface area contributed by atoms with Crippen molar-refractivity contribution in [2.45, 2.75) is 26.2 Å². The van der Waals surface area contributed by atoms with Gasteiger partial charge in [0.2, 0.25) is 0 Å². The summed E-state index contributed by atoms with van der Waals surface area (Å²) in [4.78, 5) is 7.93. The first-order valence-corrected chi connectivity index (χ1v) is 9.49. The van der Waals surface area contributed by atoms with Gasteiger partial charge in [-0.15, -0.1) is 0 Å². The molecule has 2 heterocycles. The largest absolute Gasteiger partial charge is 0.496 e. The minimum atomic E-state index is 0.782. The lowest BCUT2D eigenvalue weighted by Crippen LogP contribution is -2.39. The van der Waals surface area contributed by atoms with Crippen LogP contribution in [0.3, 0.4) is 0 Å². The van der Waals surface area contributed by atoms with Crippen molar-refractivity contribution in [3.05, 3.63) is 54.1 Å². The van der Waals surface area contributed by atoms with E-state index in [4.69, 9.17) is 9.15 Å². The third-order valence-electron chi connectivity index (χ3n) is 4.39. The van der Waals surface area contributed by atoms with Crippen LogP contribution in [0, 0.1) is 0 Å². The van der Waals surface area contributed by atoms with Crippen molar-refractivity contribution in [2.24, 2.45) is 4.99 Å². The van der Waals surface area contributed by atoms with Crippen molar-refractivity contribution in [1.29, 1.82) is 0 Å². The molecule has 6 heteroatoms. The van der Waals surface area contributed by atoms with E-state index in [1.807, 2.05) is 24.3 Å². The molecule has 1 aromatic carbocycles. The van der Waals surface area contributed by atoms with Gasteiger partial charge in [0.15, 0.2) is 5.96 Å². The molecular formula is C21H28N4O2. The molecule has 3 rings (SSSR count). The normalized spacial score (nSPS) is 11.7. The van der Waals surface area contributed by atoms with Gasteiger partial charge < -0.3 is 24.8 Å². The zero-order valence-electron chi connectivity index (χ0n) is 16.0. The third-order valence-corrected chi connectivity index (χ3v) is 4.39. The number of rotatable bonds is 9. The van der Waals surface area contributed by atoms with Gasteiger partial charge in [-0.3, -0.25) is 4.99 Å². The maximum Gasteiger partial charge on any atom is 0.191 e. The lowest BCUT2D eigenvalue weighted by atomic mass is 10.1. The van der Waals surface area contributed by atoms with E-state index in [-0.39, 0.29) is 0 Å². The number of fused-ring (bicyclic) bond motifs is 1. The second-order valence-corrected chi connectivity index (χ2v) is 6.36. The van der Waals surface area contributed by atoms with Gasteiger partial charge in [0.05, 0.1) is 13.4 Å². The Kier molecular flexibility index (Phi) is 6.79. The summed E-state index contributed by atoms with van der Waals surface area (Å²) in [6.07, 6.45) is 6.49. The van der Waals surface area contributed by atoms with Crippen LogP contribution < -0.4 is 15.4 Å². The maximum absolute atomic E-state index is 5.51. The van der Waals surface area contributed by atoms with Crippen molar-refractivity contribution in [3.63, 3.8) is 0 Å². The summed E-state index contributed by atoms with van der Waals surface area (Å²) in [5, 5.41) is 7.96. The molecule has 0 amide bonds. The molecule has 144 valence electrons. The van der Waals surface area contributed by atoms with E-state index in [9.17, 15) is 0 Å². The molecule has 0 bridgehead atoms. The first-order chi connectivity index (χ1) is 13.3. The summed E-state index contributed by atoms with van der Waals surface area (Å²) in [7, 11) is 1.71. The Morgan fingerprint density at radius 3 is 2.74 bits per heavy atom. The molecule has 0 spiro atoms. The zero-order valence-corrected chi connectivity index (χ0v) is 16.0. The zero-order chi connectivity index (χ0) is 18.9. The number of ether oxygens (including phenoxy) is 1. The van der Waals surface area contributed by atoms with Crippen LogP contribution >= 0.6 is 0 Å². The third kappa shape index (κ3) is 5.06. The van der Waals surface area contributed by atoms with E-state index >= 15 is 0 Å². The van der Waals surface area contributed by atoms with Crippen LogP contribution in [0.25, 0.3) is 10.9 Å². The van der Waals surface area contributed by atoms with E-state index in [2.05, 4.69) is 39.8 Å². The second-order valence-electron chi connectivity index (χ2n) is 6.36. The summed E-state index contributed by atoms with van der Waals surface area (Å²) in [5.41, 5.74) is 2.33. The number of guanidine groups is 1. The highest BCUT2D eigenvalue weighted by atomic mass is 16.5. The number of benzene rings is 1. The number of aliphatic imine (C=N–C) groups is 1. The van der Waals surface area contributed by atoms with Crippen LogP contribution in [0.4, 0.5) is 0 Å². The van der Waals surface area contributed by atoms with Crippen molar-refractivity contribution in [2.75, 3.05) is 26.7 Å². The number of aromatic amines is 1. The molecule has 0 atom stereocenters. The second kappa shape index (κ2) is 9.71. The number of methoxy groups -OCH3 is 1. The fourth-order valence-electron chi connectivity index (χ4n) is 3.06. The number of nitrogens with zero attached hydrogens (tertiary/aromatic N) is 1. The molecule has 0 radical (unpaired) electrons. The summed E-state index contributed by atoms with van der Waals surface area (Å²) in [6, 6.07) is 9.96. The summed E-state index contributed by atoms with van der Waals surface area (Å²) < 4.78 is 10.9. The molecule has 2 aromatic heterocycles. The van der Waals surface area contributed by atoms with E-state index in [0.29, 0.717) is 0 Å². The van der Waals surface area contributed by atoms with Crippen molar-refractivity contribution < 1.29 is 9.15 Å². The van der Waals surface area contributed by atoms with Crippen molar-refractivity contribution in [1.82, 2.24) is 15.6 Å². The smallest absolute Gasteiger partial charge is 0.191 e. The Morgan fingerprint density at radius 1 is 1.15 bits per heavy atom. The first-order valence-electron chi connectivity index (χ1n) is 9.49. The standard InChI is InChI=1S/C21H28N4O2/c1-3-11-22-21(24-13-10-17-6-5-14-27-17)23-12-9-16-15-25-18-7-4-8-19(26-2)20(16)18/h4-8,14-15,25H,3,9-13H2,1-2H3,(H2,22,23,24). The summed E-state index contributed by atoms with van der Waals surface area (Å²) in [5.74, 6) is 2.72. The van der Waals surface area contributed by atoms with Crippen LogP contribution in [0.5, 0.6) is 5.75 Å². The average Bonchev–Trinajstić information content (AvgIpc) is 3.35. The quantitative estimate of drug-likeness (QED) is 0.399. The van der Waals surface area contributed by atoms with Gasteiger partial charge in [0, 0.05) is 43.2 Å².